The zero-order valence-electron chi connectivity index (χ0n) is 15.0. The summed E-state index contributed by atoms with van der Waals surface area (Å²) in [6.45, 7) is 1.94. The van der Waals surface area contributed by atoms with Gasteiger partial charge in [-0.15, -0.1) is 0 Å². The summed E-state index contributed by atoms with van der Waals surface area (Å²) in [5.41, 5.74) is 2.12. The van der Waals surface area contributed by atoms with E-state index >= 15 is 0 Å². The van der Waals surface area contributed by atoms with Crippen LogP contribution in [0.15, 0.2) is 59.5 Å². The van der Waals surface area contributed by atoms with Gasteiger partial charge in [0.15, 0.2) is 0 Å². The number of aromatic nitrogens is 3. The fourth-order valence-corrected chi connectivity index (χ4v) is 4.78. The molecule has 28 heavy (non-hydrogen) atoms. The lowest BCUT2D eigenvalue weighted by Crippen LogP contribution is -2.25. The van der Waals surface area contributed by atoms with Crippen LogP contribution in [-0.4, -0.2) is 23.0 Å². The number of benzene rings is 2. The largest absolute Gasteiger partial charge is 0.243 e. The lowest BCUT2D eigenvalue weighted by atomic mass is 10.1. The Morgan fingerprint density at radius 2 is 1.82 bits per heavy atom. The highest BCUT2D eigenvalue weighted by atomic mass is 32.2. The Morgan fingerprint density at radius 1 is 1.11 bits per heavy atom. The Bertz CT molecular complexity index is 1230. The van der Waals surface area contributed by atoms with Crippen molar-refractivity contribution < 1.29 is 12.8 Å². The standard InChI is InChI=1S/C19H17FN4O2S2/c1-2-17-23-24-15(12-21-28(25,26)16-11-7-6-10-14(16)20)18(22-19(24)27-17)13-8-4-3-5-9-13/h3-11,21H,2,12H2,1H3. The molecule has 4 aromatic rings. The van der Waals surface area contributed by atoms with Crippen molar-refractivity contribution in [1.29, 1.82) is 0 Å². The minimum Gasteiger partial charge on any atom is -0.217 e. The first-order valence-corrected chi connectivity index (χ1v) is 11.0. The van der Waals surface area contributed by atoms with E-state index in [-0.39, 0.29) is 11.4 Å². The van der Waals surface area contributed by atoms with Gasteiger partial charge in [-0.25, -0.2) is 27.0 Å². The van der Waals surface area contributed by atoms with Crippen molar-refractivity contribution in [2.24, 2.45) is 0 Å². The highest BCUT2D eigenvalue weighted by molar-refractivity contribution is 7.89. The number of aryl methyl sites for hydroxylation is 1. The van der Waals surface area contributed by atoms with Gasteiger partial charge in [-0.3, -0.25) is 0 Å². The molecule has 6 nitrogen and oxygen atoms in total. The summed E-state index contributed by atoms with van der Waals surface area (Å²) in [4.78, 5) is 4.96. The number of hydrogen-bond acceptors (Lipinski definition) is 5. The van der Waals surface area contributed by atoms with E-state index in [1.807, 2.05) is 37.3 Å². The summed E-state index contributed by atoms with van der Waals surface area (Å²) < 4.78 is 43.3. The summed E-state index contributed by atoms with van der Waals surface area (Å²) in [5.74, 6) is -0.793. The van der Waals surface area contributed by atoms with Crippen LogP contribution in [0.2, 0.25) is 0 Å². The van der Waals surface area contributed by atoms with Gasteiger partial charge in [0.25, 0.3) is 0 Å². The fourth-order valence-electron chi connectivity index (χ4n) is 2.86. The molecule has 9 heteroatoms. The van der Waals surface area contributed by atoms with Gasteiger partial charge in [0.05, 0.1) is 17.9 Å². The first kappa shape index (κ1) is 18.7. The number of hydrogen-bond donors (Lipinski definition) is 1. The second-order valence-electron chi connectivity index (χ2n) is 6.07. The van der Waals surface area contributed by atoms with Crippen LogP contribution in [0.25, 0.3) is 16.2 Å². The topological polar surface area (TPSA) is 76.4 Å². The summed E-state index contributed by atoms with van der Waals surface area (Å²) in [6.07, 6.45) is 0.759. The summed E-state index contributed by atoms with van der Waals surface area (Å²) in [6, 6.07) is 14.8. The van der Waals surface area contributed by atoms with Gasteiger partial charge in [-0.2, -0.15) is 5.10 Å². The van der Waals surface area contributed by atoms with E-state index in [2.05, 4.69) is 14.8 Å². The Balaban J connectivity index is 1.75. The Morgan fingerprint density at radius 3 is 2.54 bits per heavy atom. The van der Waals surface area contributed by atoms with Gasteiger partial charge in [-0.05, 0) is 18.6 Å². The molecule has 4 rings (SSSR count). The molecule has 0 fully saturated rings. The summed E-state index contributed by atoms with van der Waals surface area (Å²) in [5, 5.41) is 5.44. The number of nitrogens with one attached hydrogen (secondary N) is 1. The molecule has 0 bridgehead atoms. The molecule has 144 valence electrons. The average Bonchev–Trinajstić information content (AvgIpc) is 3.25. The van der Waals surface area contributed by atoms with E-state index in [4.69, 9.17) is 0 Å². The normalized spacial score (nSPS) is 11.9. The van der Waals surface area contributed by atoms with E-state index in [0.29, 0.717) is 16.3 Å². The van der Waals surface area contributed by atoms with E-state index in [9.17, 15) is 12.8 Å². The molecule has 2 aromatic carbocycles. The third-order valence-corrected chi connectivity index (χ3v) is 6.73. The van der Waals surface area contributed by atoms with Crippen LogP contribution in [0, 0.1) is 5.82 Å². The van der Waals surface area contributed by atoms with Crippen LogP contribution in [0.1, 0.15) is 17.6 Å². The zero-order valence-corrected chi connectivity index (χ0v) is 16.6. The van der Waals surface area contributed by atoms with Crippen LogP contribution in [0.5, 0.6) is 0 Å². The number of rotatable bonds is 6. The second kappa shape index (κ2) is 7.42. The third-order valence-electron chi connectivity index (χ3n) is 4.24. The molecule has 2 aromatic heterocycles. The Labute approximate surface area is 165 Å². The monoisotopic (exact) mass is 416 g/mol. The lowest BCUT2D eigenvalue weighted by molar-refractivity contribution is 0.556. The molecule has 0 spiro atoms. The Kier molecular flexibility index (Phi) is 4.96. The lowest BCUT2D eigenvalue weighted by Gasteiger charge is -2.08. The van der Waals surface area contributed by atoms with Crippen molar-refractivity contribution in [3.05, 3.63) is 71.1 Å². The van der Waals surface area contributed by atoms with Gasteiger partial charge in [0.2, 0.25) is 15.0 Å². The quantitative estimate of drug-likeness (QED) is 0.521. The average molecular weight is 417 g/mol. The molecule has 0 atom stereocenters. The first-order chi connectivity index (χ1) is 13.5. The van der Waals surface area contributed by atoms with E-state index in [1.165, 1.54) is 29.5 Å². The molecule has 1 N–H and O–H groups in total. The number of imidazole rings is 1. The van der Waals surface area contributed by atoms with Gasteiger partial charge in [0.1, 0.15) is 15.7 Å². The van der Waals surface area contributed by atoms with Gasteiger partial charge in [-0.1, -0.05) is 60.7 Å². The molecule has 0 aliphatic rings. The third kappa shape index (κ3) is 3.44. The minimum atomic E-state index is -4.02. The zero-order chi connectivity index (χ0) is 19.7. The second-order valence-corrected chi connectivity index (χ2v) is 8.85. The maximum Gasteiger partial charge on any atom is 0.243 e. The van der Waals surface area contributed by atoms with Crippen LogP contribution in [0.3, 0.4) is 0 Å². The van der Waals surface area contributed by atoms with Crippen molar-refractivity contribution in [1.82, 2.24) is 19.3 Å². The van der Waals surface area contributed by atoms with Gasteiger partial charge >= 0.3 is 0 Å². The molecular formula is C19H17FN4O2S2. The van der Waals surface area contributed by atoms with Gasteiger partial charge in [0, 0.05) is 5.56 Å². The maximum atomic E-state index is 13.9. The molecule has 0 saturated heterocycles. The molecular weight excluding hydrogens is 399 g/mol. The van der Waals surface area contributed by atoms with Crippen molar-refractivity contribution in [3.8, 4) is 11.3 Å². The van der Waals surface area contributed by atoms with Crippen molar-refractivity contribution >= 4 is 26.3 Å². The predicted molar refractivity (Wildman–Crippen MR) is 106 cm³/mol. The minimum absolute atomic E-state index is 0.0606. The first-order valence-electron chi connectivity index (χ1n) is 8.66. The van der Waals surface area contributed by atoms with Crippen molar-refractivity contribution in [2.45, 2.75) is 24.8 Å². The predicted octanol–water partition coefficient (Wildman–Crippen LogP) is 3.64. The van der Waals surface area contributed by atoms with E-state index < -0.39 is 15.8 Å². The number of sulfonamides is 1. The van der Waals surface area contributed by atoms with E-state index in [0.717, 1.165) is 23.1 Å². The molecule has 0 amide bonds. The van der Waals surface area contributed by atoms with Crippen molar-refractivity contribution in [2.75, 3.05) is 0 Å². The van der Waals surface area contributed by atoms with E-state index in [1.54, 1.807) is 4.52 Å². The number of nitrogens with zero attached hydrogens (tertiary/aromatic N) is 3. The summed E-state index contributed by atoms with van der Waals surface area (Å²) in [7, 11) is -4.02. The smallest absolute Gasteiger partial charge is 0.217 e. The molecule has 0 aliphatic heterocycles. The van der Waals surface area contributed by atoms with Crippen LogP contribution in [0.4, 0.5) is 4.39 Å². The number of fused-ring (bicyclic) bond motifs is 1. The number of halogens is 1. The van der Waals surface area contributed by atoms with Crippen LogP contribution < -0.4 is 4.72 Å². The fraction of sp³-hybridized carbons (Fsp3) is 0.158. The van der Waals surface area contributed by atoms with Crippen molar-refractivity contribution in [3.63, 3.8) is 0 Å². The van der Waals surface area contributed by atoms with Crippen LogP contribution in [-0.2, 0) is 23.0 Å². The molecule has 0 saturated carbocycles. The highest BCUT2D eigenvalue weighted by Gasteiger charge is 2.22. The maximum absolute atomic E-state index is 13.9. The van der Waals surface area contributed by atoms with Gasteiger partial charge < -0.3 is 0 Å². The Hall–Kier alpha value is -2.62. The molecule has 2 heterocycles. The molecule has 0 aliphatic carbocycles. The SMILES string of the molecule is CCc1nn2c(CNS(=O)(=O)c3ccccc3F)c(-c3ccccc3)nc2s1. The molecule has 0 unspecified atom stereocenters. The van der Waals surface area contributed by atoms with Crippen LogP contribution >= 0.6 is 11.3 Å². The highest BCUT2D eigenvalue weighted by Crippen LogP contribution is 2.27. The summed E-state index contributed by atoms with van der Waals surface area (Å²) >= 11 is 1.46. The molecule has 0 radical (unpaired) electrons.